The SMILES string of the molecule is C=CCSc1nnc(NC(=O)CCCn2c(=O)oc3ccccc32)s1. The van der Waals surface area contributed by atoms with Crippen LogP contribution in [0.5, 0.6) is 0 Å². The predicted octanol–water partition coefficient (Wildman–Crippen LogP) is 3.14. The largest absolute Gasteiger partial charge is 0.419 e. The van der Waals surface area contributed by atoms with Gasteiger partial charge in [0.1, 0.15) is 0 Å². The lowest BCUT2D eigenvalue weighted by Gasteiger charge is -2.02. The van der Waals surface area contributed by atoms with Gasteiger partial charge < -0.3 is 9.73 Å². The number of thioether (sulfide) groups is 1. The Morgan fingerprint density at radius 3 is 3.08 bits per heavy atom. The van der Waals surface area contributed by atoms with E-state index in [0.717, 1.165) is 15.6 Å². The Bertz CT molecular complexity index is 944. The number of hydrogen-bond donors (Lipinski definition) is 1. The summed E-state index contributed by atoms with van der Waals surface area (Å²) in [5.41, 5.74) is 1.29. The van der Waals surface area contributed by atoms with Gasteiger partial charge in [-0.1, -0.05) is 41.3 Å². The topological polar surface area (TPSA) is 90.0 Å². The fourth-order valence-corrected chi connectivity index (χ4v) is 3.78. The molecule has 0 aliphatic carbocycles. The van der Waals surface area contributed by atoms with Gasteiger partial charge in [-0.25, -0.2) is 4.79 Å². The zero-order valence-electron chi connectivity index (χ0n) is 13.3. The summed E-state index contributed by atoms with van der Waals surface area (Å²) in [7, 11) is 0. The van der Waals surface area contributed by atoms with E-state index in [1.165, 1.54) is 27.7 Å². The number of benzene rings is 1. The lowest BCUT2D eigenvalue weighted by atomic mass is 10.3. The first kappa shape index (κ1) is 17.4. The highest BCUT2D eigenvalue weighted by atomic mass is 32.2. The molecule has 0 fully saturated rings. The molecule has 0 aliphatic rings. The maximum absolute atomic E-state index is 12.0. The maximum Gasteiger partial charge on any atom is 0.419 e. The van der Waals surface area contributed by atoms with Crippen molar-refractivity contribution in [3.05, 3.63) is 47.5 Å². The quantitative estimate of drug-likeness (QED) is 0.369. The van der Waals surface area contributed by atoms with Crippen molar-refractivity contribution >= 4 is 45.2 Å². The van der Waals surface area contributed by atoms with E-state index in [-0.39, 0.29) is 12.3 Å². The van der Waals surface area contributed by atoms with Crippen LogP contribution in [0.3, 0.4) is 0 Å². The lowest BCUT2D eigenvalue weighted by molar-refractivity contribution is -0.116. The highest BCUT2D eigenvalue weighted by molar-refractivity contribution is 8.01. The van der Waals surface area contributed by atoms with E-state index in [9.17, 15) is 9.59 Å². The zero-order chi connectivity index (χ0) is 17.6. The van der Waals surface area contributed by atoms with Crippen molar-refractivity contribution in [2.75, 3.05) is 11.1 Å². The number of amides is 1. The molecule has 1 N–H and O–H groups in total. The minimum Gasteiger partial charge on any atom is -0.408 e. The van der Waals surface area contributed by atoms with Crippen molar-refractivity contribution in [1.82, 2.24) is 14.8 Å². The summed E-state index contributed by atoms with van der Waals surface area (Å²) in [6, 6.07) is 7.23. The van der Waals surface area contributed by atoms with Crippen LogP contribution in [-0.2, 0) is 11.3 Å². The number of fused-ring (bicyclic) bond motifs is 1. The zero-order valence-corrected chi connectivity index (χ0v) is 14.9. The minimum absolute atomic E-state index is 0.155. The van der Waals surface area contributed by atoms with Crippen LogP contribution in [0.15, 0.2) is 50.5 Å². The maximum atomic E-state index is 12.0. The second-order valence-electron chi connectivity index (χ2n) is 5.11. The smallest absolute Gasteiger partial charge is 0.408 e. The van der Waals surface area contributed by atoms with Crippen LogP contribution in [0.25, 0.3) is 11.1 Å². The van der Waals surface area contributed by atoms with Crippen molar-refractivity contribution in [2.24, 2.45) is 0 Å². The Labute approximate surface area is 151 Å². The Kier molecular flexibility index (Phi) is 5.67. The molecule has 0 aliphatic heterocycles. The molecule has 2 aromatic heterocycles. The van der Waals surface area contributed by atoms with Gasteiger partial charge in [0, 0.05) is 18.7 Å². The second kappa shape index (κ2) is 8.13. The van der Waals surface area contributed by atoms with Crippen LogP contribution in [-0.4, -0.2) is 26.4 Å². The first-order valence-corrected chi connectivity index (χ1v) is 9.43. The molecule has 25 heavy (non-hydrogen) atoms. The molecular weight excluding hydrogens is 360 g/mol. The number of aromatic nitrogens is 3. The average Bonchev–Trinajstić information content (AvgIpc) is 3.17. The molecule has 0 spiro atoms. The van der Waals surface area contributed by atoms with Crippen LogP contribution in [0.4, 0.5) is 5.13 Å². The molecule has 130 valence electrons. The summed E-state index contributed by atoms with van der Waals surface area (Å²) in [5.74, 6) is 0.183. The molecule has 0 unspecified atom stereocenters. The molecule has 0 bridgehead atoms. The molecule has 3 rings (SSSR count). The first-order chi connectivity index (χ1) is 12.2. The van der Waals surface area contributed by atoms with Crippen molar-refractivity contribution in [1.29, 1.82) is 0 Å². The number of nitrogens with zero attached hydrogens (tertiary/aromatic N) is 3. The van der Waals surface area contributed by atoms with Crippen molar-refractivity contribution < 1.29 is 9.21 Å². The number of carbonyl (C=O) groups excluding carboxylic acids is 1. The highest BCUT2D eigenvalue weighted by Crippen LogP contribution is 2.25. The molecule has 0 atom stereocenters. The summed E-state index contributed by atoms with van der Waals surface area (Å²) >= 11 is 2.84. The third kappa shape index (κ3) is 4.37. The Morgan fingerprint density at radius 1 is 1.40 bits per heavy atom. The van der Waals surface area contributed by atoms with E-state index in [2.05, 4.69) is 22.1 Å². The Morgan fingerprint density at radius 2 is 2.24 bits per heavy atom. The fourth-order valence-electron chi connectivity index (χ4n) is 2.25. The van der Waals surface area contributed by atoms with E-state index in [1.54, 1.807) is 12.1 Å². The number of para-hydroxylation sites is 2. The minimum atomic E-state index is -0.408. The van der Waals surface area contributed by atoms with Gasteiger partial charge in [-0.2, -0.15) is 0 Å². The summed E-state index contributed by atoms with van der Waals surface area (Å²) < 4.78 is 7.49. The molecule has 7 nitrogen and oxygen atoms in total. The molecule has 9 heteroatoms. The summed E-state index contributed by atoms with van der Waals surface area (Å²) in [6.45, 7) is 4.06. The van der Waals surface area contributed by atoms with Gasteiger partial charge in [0.25, 0.3) is 0 Å². The molecule has 0 saturated carbocycles. The molecule has 0 saturated heterocycles. The molecule has 1 amide bonds. The van der Waals surface area contributed by atoms with E-state index in [0.29, 0.717) is 23.7 Å². The Hall–Kier alpha value is -2.39. The van der Waals surface area contributed by atoms with Crippen LogP contribution in [0.1, 0.15) is 12.8 Å². The molecule has 2 heterocycles. The third-order valence-electron chi connectivity index (χ3n) is 3.34. The number of hydrogen-bond acceptors (Lipinski definition) is 7. The van der Waals surface area contributed by atoms with Gasteiger partial charge in [0.2, 0.25) is 11.0 Å². The van der Waals surface area contributed by atoms with Crippen LogP contribution < -0.4 is 11.1 Å². The van der Waals surface area contributed by atoms with Crippen LogP contribution in [0.2, 0.25) is 0 Å². The van der Waals surface area contributed by atoms with Crippen LogP contribution in [0, 0.1) is 0 Å². The predicted molar refractivity (Wildman–Crippen MR) is 99.2 cm³/mol. The van der Waals surface area contributed by atoms with E-state index in [1.807, 2.05) is 18.2 Å². The normalized spacial score (nSPS) is 10.9. The second-order valence-corrected chi connectivity index (χ2v) is 7.36. The molecule has 3 aromatic rings. The van der Waals surface area contributed by atoms with Gasteiger partial charge >= 0.3 is 5.76 Å². The average molecular weight is 376 g/mol. The van der Waals surface area contributed by atoms with E-state index in [4.69, 9.17) is 4.42 Å². The Balaban J connectivity index is 1.52. The fraction of sp³-hybridized carbons (Fsp3) is 0.250. The van der Waals surface area contributed by atoms with Gasteiger partial charge in [0.15, 0.2) is 9.92 Å². The van der Waals surface area contributed by atoms with Gasteiger partial charge in [-0.05, 0) is 18.6 Å². The van der Waals surface area contributed by atoms with E-state index >= 15 is 0 Å². The number of anilines is 1. The first-order valence-electron chi connectivity index (χ1n) is 7.63. The van der Waals surface area contributed by atoms with Gasteiger partial charge in [-0.3, -0.25) is 9.36 Å². The van der Waals surface area contributed by atoms with Gasteiger partial charge in [-0.15, -0.1) is 16.8 Å². The van der Waals surface area contributed by atoms with Crippen LogP contribution >= 0.6 is 23.1 Å². The third-order valence-corrected chi connectivity index (χ3v) is 5.30. The number of carbonyl (C=O) groups is 1. The lowest BCUT2D eigenvalue weighted by Crippen LogP contribution is -2.17. The monoisotopic (exact) mass is 376 g/mol. The summed E-state index contributed by atoms with van der Waals surface area (Å²) in [5, 5.41) is 11.1. The summed E-state index contributed by atoms with van der Waals surface area (Å²) in [6.07, 6.45) is 2.58. The molecule has 0 radical (unpaired) electrons. The van der Waals surface area contributed by atoms with Crippen molar-refractivity contribution in [3.8, 4) is 0 Å². The number of rotatable bonds is 8. The summed E-state index contributed by atoms with van der Waals surface area (Å²) in [4.78, 5) is 23.9. The standard InChI is InChI=1S/C16H16N4O3S2/c1-2-10-24-15-19-18-14(25-15)17-13(21)8-5-9-20-11-6-3-4-7-12(11)23-16(20)22/h2-4,6-7H,1,5,8-10H2,(H,17,18,21). The van der Waals surface area contributed by atoms with Crippen molar-refractivity contribution in [3.63, 3.8) is 0 Å². The number of aryl methyl sites for hydroxylation is 1. The number of oxazole rings is 1. The highest BCUT2D eigenvalue weighted by Gasteiger charge is 2.11. The van der Waals surface area contributed by atoms with Crippen molar-refractivity contribution in [2.45, 2.75) is 23.7 Å². The van der Waals surface area contributed by atoms with E-state index < -0.39 is 5.76 Å². The van der Waals surface area contributed by atoms with Gasteiger partial charge in [0.05, 0.1) is 5.52 Å². The molecule has 1 aromatic carbocycles. The number of nitrogens with one attached hydrogen (secondary N) is 1. The molecular formula is C16H16N4O3S2.